The van der Waals surface area contributed by atoms with Crippen molar-refractivity contribution in [3.05, 3.63) is 83.2 Å². The van der Waals surface area contributed by atoms with Gasteiger partial charge in [-0.2, -0.15) is 0 Å². The predicted molar refractivity (Wildman–Crippen MR) is 153 cm³/mol. The quantitative estimate of drug-likeness (QED) is 0.188. The summed E-state index contributed by atoms with van der Waals surface area (Å²) in [5.41, 5.74) is 6.62. The van der Waals surface area contributed by atoms with E-state index in [0.29, 0.717) is 18.7 Å². The van der Waals surface area contributed by atoms with Crippen LogP contribution in [0.3, 0.4) is 0 Å². The Morgan fingerprint density at radius 3 is 2.45 bits per heavy atom. The van der Waals surface area contributed by atoms with Gasteiger partial charge in [-0.1, -0.05) is 69.2 Å². The van der Waals surface area contributed by atoms with Crippen molar-refractivity contribution in [2.75, 3.05) is 11.9 Å². The zero-order valence-corrected chi connectivity index (χ0v) is 22.4. The normalized spacial score (nSPS) is 11.0. The number of carbonyl (C=O) groups is 2. The molecule has 2 amide bonds. The maximum Gasteiger partial charge on any atom is 0.336 e. The molecule has 0 saturated carbocycles. The zero-order chi connectivity index (χ0) is 27.1. The van der Waals surface area contributed by atoms with E-state index < -0.39 is 5.97 Å². The molecule has 0 aliphatic carbocycles. The molecule has 4 rings (SSSR count). The third-order valence-electron chi connectivity index (χ3n) is 6.68. The van der Waals surface area contributed by atoms with E-state index in [-0.39, 0.29) is 11.6 Å². The summed E-state index contributed by atoms with van der Waals surface area (Å²) in [4.78, 5) is 29.1. The van der Waals surface area contributed by atoms with Crippen LogP contribution in [-0.2, 0) is 13.0 Å². The fourth-order valence-corrected chi connectivity index (χ4v) is 4.75. The Morgan fingerprint density at radius 1 is 0.974 bits per heavy atom. The van der Waals surface area contributed by atoms with Crippen molar-refractivity contribution in [1.29, 1.82) is 0 Å². The molecule has 7 nitrogen and oxygen atoms in total. The lowest BCUT2D eigenvalue weighted by atomic mass is 9.99. The fourth-order valence-electron chi connectivity index (χ4n) is 4.75. The predicted octanol–water partition coefficient (Wildman–Crippen LogP) is 7.02. The first-order chi connectivity index (χ1) is 18.4. The molecular formula is C31H36N4O3. The maximum atomic E-state index is 12.4. The number of aryl methyl sites for hydroxylation is 2. The standard InChI is InChI=1S/C31H36N4O3/c1-4-6-9-17-32-31(38)33-24-18-21(3)29-27(19-24)35(28(34-29)10-5-2)20-22-13-15-23(16-14-22)25-11-7-8-12-26(25)30(36)37/h7-8,11-16,18-19H,4-6,9-10,17,20H2,1-3H3,(H,36,37)(H2,32,33,38). The first-order valence-corrected chi connectivity index (χ1v) is 13.4. The average Bonchev–Trinajstić information content (AvgIpc) is 3.24. The Labute approximate surface area is 223 Å². The van der Waals surface area contributed by atoms with Gasteiger partial charge in [0, 0.05) is 25.2 Å². The second-order valence-corrected chi connectivity index (χ2v) is 9.66. The summed E-state index contributed by atoms with van der Waals surface area (Å²) in [6, 6.07) is 18.8. The number of benzene rings is 3. The average molecular weight is 513 g/mol. The van der Waals surface area contributed by atoms with E-state index in [0.717, 1.165) is 71.3 Å². The van der Waals surface area contributed by atoms with Crippen LogP contribution in [0.4, 0.5) is 10.5 Å². The molecule has 0 atom stereocenters. The highest BCUT2D eigenvalue weighted by molar-refractivity contribution is 5.96. The Balaban J connectivity index is 1.61. The van der Waals surface area contributed by atoms with Crippen LogP contribution < -0.4 is 10.6 Å². The van der Waals surface area contributed by atoms with E-state index in [4.69, 9.17) is 4.98 Å². The van der Waals surface area contributed by atoms with Gasteiger partial charge in [0.1, 0.15) is 5.82 Å². The second kappa shape index (κ2) is 12.4. The summed E-state index contributed by atoms with van der Waals surface area (Å²) in [5, 5.41) is 15.5. The van der Waals surface area contributed by atoms with E-state index in [1.54, 1.807) is 12.1 Å². The smallest absolute Gasteiger partial charge is 0.336 e. The number of nitrogens with zero attached hydrogens (tertiary/aromatic N) is 2. The van der Waals surface area contributed by atoms with E-state index >= 15 is 0 Å². The van der Waals surface area contributed by atoms with E-state index in [9.17, 15) is 14.7 Å². The number of hydrogen-bond donors (Lipinski definition) is 3. The van der Waals surface area contributed by atoms with Crippen LogP contribution in [0.5, 0.6) is 0 Å². The highest BCUT2D eigenvalue weighted by Gasteiger charge is 2.16. The molecule has 1 aromatic heterocycles. The van der Waals surface area contributed by atoms with Crippen LogP contribution in [0, 0.1) is 6.92 Å². The molecule has 0 spiro atoms. The van der Waals surface area contributed by atoms with Gasteiger partial charge in [0.15, 0.2) is 0 Å². The molecule has 0 unspecified atom stereocenters. The van der Waals surface area contributed by atoms with Gasteiger partial charge in [-0.15, -0.1) is 0 Å². The van der Waals surface area contributed by atoms with Crippen molar-refractivity contribution in [1.82, 2.24) is 14.9 Å². The molecule has 4 aromatic rings. The van der Waals surface area contributed by atoms with Gasteiger partial charge in [-0.05, 0) is 60.2 Å². The van der Waals surface area contributed by atoms with Gasteiger partial charge in [0.25, 0.3) is 0 Å². The topological polar surface area (TPSA) is 96.3 Å². The summed E-state index contributed by atoms with van der Waals surface area (Å²) in [6.45, 7) is 7.58. The minimum atomic E-state index is -0.937. The molecule has 0 saturated heterocycles. The number of imidazole rings is 1. The third kappa shape index (κ3) is 6.22. The highest BCUT2D eigenvalue weighted by atomic mass is 16.4. The molecule has 7 heteroatoms. The number of amides is 2. The number of aromatic carboxylic acids is 1. The Hall–Kier alpha value is -4.13. The van der Waals surface area contributed by atoms with E-state index in [2.05, 4.69) is 29.0 Å². The highest BCUT2D eigenvalue weighted by Crippen LogP contribution is 2.28. The molecule has 0 radical (unpaired) electrons. The van der Waals surface area contributed by atoms with E-state index in [1.807, 2.05) is 55.5 Å². The lowest BCUT2D eigenvalue weighted by molar-refractivity contribution is 0.0697. The van der Waals surface area contributed by atoms with Crippen LogP contribution in [0.25, 0.3) is 22.2 Å². The zero-order valence-electron chi connectivity index (χ0n) is 22.4. The summed E-state index contributed by atoms with van der Waals surface area (Å²) in [6.07, 6.45) is 4.99. The monoisotopic (exact) mass is 512 g/mol. The number of carbonyl (C=O) groups excluding carboxylic acids is 1. The molecule has 38 heavy (non-hydrogen) atoms. The number of fused-ring (bicyclic) bond motifs is 1. The van der Waals surface area contributed by atoms with Crippen LogP contribution in [-0.4, -0.2) is 33.2 Å². The minimum Gasteiger partial charge on any atom is -0.478 e. The van der Waals surface area contributed by atoms with Crippen LogP contribution in [0.2, 0.25) is 0 Å². The molecule has 0 aliphatic rings. The number of carboxylic acid groups (broad SMARTS) is 1. The van der Waals surface area contributed by atoms with Gasteiger partial charge in [0.2, 0.25) is 0 Å². The maximum absolute atomic E-state index is 12.4. The minimum absolute atomic E-state index is 0.197. The summed E-state index contributed by atoms with van der Waals surface area (Å²) in [7, 11) is 0. The van der Waals surface area contributed by atoms with Gasteiger partial charge in [-0.25, -0.2) is 14.6 Å². The van der Waals surface area contributed by atoms with Crippen molar-refractivity contribution in [2.24, 2.45) is 0 Å². The number of unbranched alkanes of at least 4 members (excludes halogenated alkanes) is 2. The summed E-state index contributed by atoms with van der Waals surface area (Å²) in [5.74, 6) is 0.0697. The summed E-state index contributed by atoms with van der Waals surface area (Å²) >= 11 is 0. The lowest BCUT2D eigenvalue weighted by Gasteiger charge is -2.12. The van der Waals surface area contributed by atoms with Crippen molar-refractivity contribution < 1.29 is 14.7 Å². The third-order valence-corrected chi connectivity index (χ3v) is 6.68. The van der Waals surface area contributed by atoms with E-state index in [1.165, 1.54) is 0 Å². The molecule has 1 heterocycles. The lowest BCUT2D eigenvalue weighted by Crippen LogP contribution is -2.29. The molecular weight excluding hydrogens is 476 g/mol. The summed E-state index contributed by atoms with van der Waals surface area (Å²) < 4.78 is 2.22. The van der Waals surface area contributed by atoms with Gasteiger partial charge < -0.3 is 20.3 Å². The number of urea groups is 1. The van der Waals surface area contributed by atoms with Gasteiger partial charge in [0.05, 0.1) is 16.6 Å². The largest absolute Gasteiger partial charge is 0.478 e. The molecule has 198 valence electrons. The van der Waals surface area contributed by atoms with Gasteiger partial charge in [-0.3, -0.25) is 0 Å². The fraction of sp³-hybridized carbons (Fsp3) is 0.323. The van der Waals surface area contributed by atoms with Crippen molar-refractivity contribution >= 4 is 28.7 Å². The number of rotatable bonds is 11. The second-order valence-electron chi connectivity index (χ2n) is 9.66. The molecule has 0 bridgehead atoms. The Kier molecular flexibility index (Phi) is 8.79. The molecule has 3 N–H and O–H groups in total. The number of hydrogen-bond acceptors (Lipinski definition) is 3. The van der Waals surface area contributed by atoms with Crippen molar-refractivity contribution in [3.63, 3.8) is 0 Å². The number of nitrogens with one attached hydrogen (secondary N) is 2. The van der Waals surface area contributed by atoms with Crippen LogP contribution in [0.1, 0.15) is 66.8 Å². The first kappa shape index (κ1) is 26.9. The first-order valence-electron chi connectivity index (χ1n) is 13.4. The SMILES string of the molecule is CCCCCNC(=O)Nc1cc(C)c2nc(CCC)n(Cc3ccc(-c4ccccc4C(=O)O)cc3)c2c1. The Morgan fingerprint density at radius 2 is 1.74 bits per heavy atom. The van der Waals surface area contributed by atoms with Crippen LogP contribution >= 0.6 is 0 Å². The number of aromatic nitrogens is 2. The van der Waals surface area contributed by atoms with Crippen molar-refractivity contribution in [2.45, 2.75) is 59.4 Å². The number of carboxylic acids is 1. The Bertz CT molecular complexity index is 1420. The molecule has 0 fully saturated rings. The van der Waals surface area contributed by atoms with Gasteiger partial charge >= 0.3 is 12.0 Å². The van der Waals surface area contributed by atoms with Crippen molar-refractivity contribution in [3.8, 4) is 11.1 Å². The molecule has 3 aromatic carbocycles. The molecule has 0 aliphatic heterocycles. The number of anilines is 1. The van der Waals surface area contributed by atoms with Crippen LogP contribution in [0.15, 0.2) is 60.7 Å².